The molecule has 0 heterocycles. The molecule has 8 heteroatoms. The third-order valence-corrected chi connectivity index (χ3v) is 9.16. The van der Waals surface area contributed by atoms with Crippen LogP contribution >= 0.6 is 0 Å². The predicted molar refractivity (Wildman–Crippen MR) is 151 cm³/mol. The number of rotatable bonds is 12. The van der Waals surface area contributed by atoms with Crippen molar-refractivity contribution in [2.24, 2.45) is 0 Å². The summed E-state index contributed by atoms with van der Waals surface area (Å²) in [7, 11) is 9.17. The molecule has 0 aromatic rings. The average Bonchev–Trinajstić information content (AvgIpc) is 2.87. The molecule has 0 atom stereocenters. The Morgan fingerprint density at radius 3 is 0.278 bits per heavy atom. The molecule has 0 unspecified atom stereocenters. The number of nitrogens with zero attached hydrogens (tertiary/aromatic N) is 4. The van der Waals surface area contributed by atoms with Crippen LogP contribution in [0, 0.1) is 0 Å². The van der Waals surface area contributed by atoms with Crippen molar-refractivity contribution < 1.29 is 36.7 Å². The summed E-state index contributed by atoms with van der Waals surface area (Å²) >= 11 is 0. The third kappa shape index (κ3) is 28.1. The van der Waals surface area contributed by atoms with Gasteiger partial charge in [-0.05, 0) is 83.1 Å². The van der Waals surface area contributed by atoms with E-state index in [9.17, 15) is 0 Å². The van der Waals surface area contributed by atoms with Crippen LogP contribution in [0.15, 0.2) is 0 Å². The first kappa shape index (κ1) is 55.9. The Hall–Kier alpha value is -0.440. The highest BCUT2D eigenvalue weighted by Gasteiger charge is 2.12. The van der Waals surface area contributed by atoms with E-state index in [-0.39, 0.29) is 18.8 Å². The van der Waals surface area contributed by atoms with E-state index in [1.165, 1.54) is 96.5 Å². The van der Waals surface area contributed by atoms with Gasteiger partial charge in [-0.3, -0.25) is 0 Å². The Labute approximate surface area is 226 Å². The standard InChI is InChI=1S/4C7H18N.4FH/c4*1-5-8(4,6-2)7-3;;;;/h4*5-7H2,1-4H3;4*1H/q4*+1;;;;/p-4. The van der Waals surface area contributed by atoms with Crippen LogP contribution in [0.3, 0.4) is 0 Å². The second-order valence-corrected chi connectivity index (χ2v) is 10.3. The molecule has 232 valence electrons. The maximum Gasteiger partial charge on any atom is 0.0755 e. The minimum atomic E-state index is 0. The fourth-order valence-electron chi connectivity index (χ4n) is 2.68. The SMILES string of the molecule is CC[N+](C)(CC)CC.CC[N+](C)(CC)CC.CC[N+](C)(CC)CC.CC[N+](C)(CC)CC.[F-].[F-].[F-].[F-]. The molecule has 36 heavy (non-hydrogen) atoms. The first-order valence-corrected chi connectivity index (χ1v) is 14.1. The Morgan fingerprint density at radius 1 is 0.222 bits per heavy atom. The Morgan fingerprint density at radius 2 is 0.278 bits per heavy atom. The normalized spacial score (nSPS) is 10.7. The van der Waals surface area contributed by atoms with Crippen molar-refractivity contribution in [2.75, 3.05) is 107 Å². The molecule has 0 bridgehead atoms. The second kappa shape index (κ2) is 30.8. The zero-order valence-electron chi connectivity index (χ0n) is 27.8. The lowest BCUT2D eigenvalue weighted by atomic mass is 10.4. The van der Waals surface area contributed by atoms with Gasteiger partial charge < -0.3 is 36.7 Å². The molecule has 0 aliphatic rings. The molecular formula is C28H72F4N4. The summed E-state index contributed by atoms with van der Waals surface area (Å²) in [5, 5.41) is 0. The summed E-state index contributed by atoms with van der Waals surface area (Å²) in [5.41, 5.74) is 0. The van der Waals surface area contributed by atoms with Gasteiger partial charge in [0.2, 0.25) is 0 Å². The first-order chi connectivity index (χ1) is 14.7. The zero-order chi connectivity index (χ0) is 26.5. The molecule has 0 aromatic carbocycles. The largest absolute Gasteiger partial charge is 1.00 e. The van der Waals surface area contributed by atoms with Crippen molar-refractivity contribution in [1.82, 2.24) is 0 Å². The van der Waals surface area contributed by atoms with Crippen LogP contribution in [0.25, 0.3) is 0 Å². The summed E-state index contributed by atoms with van der Waals surface area (Å²) < 4.78 is 4.83. The minimum Gasteiger partial charge on any atom is -1.00 e. The number of halogens is 4. The molecular weight excluding hydrogens is 468 g/mol. The number of quaternary nitrogens is 4. The third-order valence-electron chi connectivity index (χ3n) is 9.16. The fraction of sp³-hybridized carbons (Fsp3) is 1.00. The van der Waals surface area contributed by atoms with E-state index in [0.717, 1.165) is 0 Å². The summed E-state index contributed by atoms with van der Waals surface area (Å²) in [5.74, 6) is 0. The highest BCUT2D eigenvalue weighted by Crippen LogP contribution is 1.99. The van der Waals surface area contributed by atoms with E-state index < -0.39 is 0 Å². The molecule has 0 N–H and O–H groups in total. The van der Waals surface area contributed by atoms with Gasteiger partial charge in [0.05, 0.1) is 107 Å². The maximum atomic E-state index is 2.29. The van der Waals surface area contributed by atoms with Crippen LogP contribution in [0.5, 0.6) is 0 Å². The van der Waals surface area contributed by atoms with Crippen molar-refractivity contribution >= 4 is 0 Å². The van der Waals surface area contributed by atoms with Crippen molar-refractivity contribution in [2.45, 2.75) is 83.1 Å². The molecule has 0 radical (unpaired) electrons. The highest BCUT2D eigenvalue weighted by molar-refractivity contribution is 4.26. The van der Waals surface area contributed by atoms with Crippen LogP contribution in [0.4, 0.5) is 0 Å². The molecule has 0 aliphatic carbocycles. The van der Waals surface area contributed by atoms with E-state index >= 15 is 0 Å². The minimum absolute atomic E-state index is 0. The van der Waals surface area contributed by atoms with Crippen molar-refractivity contribution in [3.8, 4) is 0 Å². The maximum absolute atomic E-state index is 2.29. The van der Waals surface area contributed by atoms with Crippen LogP contribution in [0.2, 0.25) is 0 Å². The smallest absolute Gasteiger partial charge is 0.0755 e. The molecule has 0 spiro atoms. The monoisotopic (exact) mass is 541 g/mol. The van der Waals surface area contributed by atoms with Gasteiger partial charge in [0.25, 0.3) is 0 Å². The molecule has 0 fully saturated rings. The van der Waals surface area contributed by atoms with Crippen molar-refractivity contribution in [3.63, 3.8) is 0 Å². The predicted octanol–water partition coefficient (Wildman–Crippen LogP) is -6.01. The van der Waals surface area contributed by atoms with E-state index in [1.54, 1.807) is 0 Å². The topological polar surface area (TPSA) is 0 Å². The zero-order valence-corrected chi connectivity index (χ0v) is 27.8. The highest BCUT2D eigenvalue weighted by atomic mass is 19.0. The summed E-state index contributed by atoms with van der Waals surface area (Å²) in [6.45, 7) is 42.0. The molecule has 0 aliphatic heterocycles. The molecule has 0 saturated carbocycles. The lowest BCUT2D eigenvalue weighted by molar-refractivity contribution is -0.904. The number of hydrogen-bond donors (Lipinski definition) is 0. The van der Waals surface area contributed by atoms with Gasteiger partial charge in [-0.1, -0.05) is 0 Å². The lowest BCUT2D eigenvalue weighted by Gasteiger charge is -2.30. The molecule has 0 aromatic heterocycles. The van der Waals surface area contributed by atoms with Crippen LogP contribution < -0.4 is 18.8 Å². The van der Waals surface area contributed by atoms with Gasteiger partial charge in [0.15, 0.2) is 0 Å². The van der Waals surface area contributed by atoms with Crippen LogP contribution in [-0.4, -0.2) is 125 Å². The summed E-state index contributed by atoms with van der Waals surface area (Å²) in [6, 6.07) is 0. The van der Waals surface area contributed by atoms with Gasteiger partial charge in [-0.2, -0.15) is 0 Å². The van der Waals surface area contributed by atoms with Crippen LogP contribution in [-0.2, 0) is 0 Å². The first-order valence-electron chi connectivity index (χ1n) is 14.1. The fourth-order valence-corrected chi connectivity index (χ4v) is 2.68. The van der Waals surface area contributed by atoms with E-state index in [1.807, 2.05) is 0 Å². The summed E-state index contributed by atoms with van der Waals surface area (Å²) in [6.07, 6.45) is 0. The van der Waals surface area contributed by atoms with E-state index in [0.29, 0.717) is 0 Å². The molecule has 0 amide bonds. The van der Waals surface area contributed by atoms with Gasteiger partial charge in [-0.15, -0.1) is 0 Å². The summed E-state index contributed by atoms with van der Waals surface area (Å²) in [4.78, 5) is 0. The van der Waals surface area contributed by atoms with Gasteiger partial charge in [0.1, 0.15) is 0 Å². The quantitative estimate of drug-likeness (QED) is 0.171. The van der Waals surface area contributed by atoms with Gasteiger partial charge in [0, 0.05) is 0 Å². The average molecular weight is 541 g/mol. The van der Waals surface area contributed by atoms with Gasteiger partial charge in [-0.25, -0.2) is 0 Å². The van der Waals surface area contributed by atoms with E-state index in [2.05, 4.69) is 111 Å². The second-order valence-electron chi connectivity index (χ2n) is 10.3. The Kier molecular flexibility index (Phi) is 47.8. The van der Waals surface area contributed by atoms with Crippen LogP contribution in [0.1, 0.15) is 83.1 Å². The number of hydrogen-bond acceptors (Lipinski definition) is 0. The lowest BCUT2D eigenvalue weighted by Crippen LogP contribution is -3.00. The van der Waals surface area contributed by atoms with Crippen molar-refractivity contribution in [1.29, 1.82) is 0 Å². The Balaban J connectivity index is -0.0000000467. The Bertz CT molecular complexity index is 279. The van der Waals surface area contributed by atoms with E-state index in [4.69, 9.17) is 0 Å². The van der Waals surface area contributed by atoms with Gasteiger partial charge >= 0.3 is 0 Å². The molecule has 0 saturated heterocycles. The molecule has 4 nitrogen and oxygen atoms in total. The molecule has 0 rings (SSSR count). The van der Waals surface area contributed by atoms with Crippen molar-refractivity contribution in [3.05, 3.63) is 0 Å².